The van der Waals surface area contributed by atoms with Gasteiger partial charge in [0.05, 0.1) is 13.2 Å². The van der Waals surface area contributed by atoms with Gasteiger partial charge in [0.15, 0.2) is 0 Å². The van der Waals surface area contributed by atoms with Gasteiger partial charge in [0.1, 0.15) is 6.61 Å². The normalized spacial score (nSPS) is 12.0. The predicted octanol–water partition coefficient (Wildman–Crippen LogP) is 1.69. The maximum atomic E-state index is 11.8. The van der Waals surface area contributed by atoms with Crippen LogP contribution in [-0.4, -0.2) is 36.1 Å². The Kier molecular flexibility index (Phi) is 6.06. The first-order valence-corrected chi connectivity index (χ1v) is 5.67. The van der Waals surface area contributed by atoms with Crippen LogP contribution in [0, 0.1) is 0 Å². The Balaban J connectivity index is 2.19. The lowest BCUT2D eigenvalue weighted by molar-refractivity contribution is -0.173. The van der Waals surface area contributed by atoms with Crippen molar-refractivity contribution >= 4 is 0 Å². The van der Waals surface area contributed by atoms with E-state index in [9.17, 15) is 13.2 Å². The molecule has 0 aromatic carbocycles. The van der Waals surface area contributed by atoms with E-state index in [1.165, 1.54) is 0 Å². The van der Waals surface area contributed by atoms with Crippen LogP contribution in [0.1, 0.15) is 25.1 Å². The van der Waals surface area contributed by atoms with E-state index in [0.29, 0.717) is 12.4 Å². The highest BCUT2D eigenvalue weighted by molar-refractivity contribution is 4.81. The van der Waals surface area contributed by atoms with Crippen molar-refractivity contribution in [2.24, 2.45) is 0 Å². The smallest absolute Gasteiger partial charge is 0.411 e. The molecule has 1 aromatic rings. The highest BCUT2D eigenvalue weighted by Gasteiger charge is 2.27. The van der Waals surface area contributed by atoms with Crippen LogP contribution in [0.15, 0.2) is 4.42 Å². The molecule has 1 heterocycles. The highest BCUT2D eigenvalue weighted by Crippen LogP contribution is 2.14. The summed E-state index contributed by atoms with van der Waals surface area (Å²) in [6, 6.07) is 0. The molecule has 0 aliphatic rings. The predicted molar refractivity (Wildman–Crippen MR) is 56.9 cm³/mol. The van der Waals surface area contributed by atoms with Gasteiger partial charge >= 0.3 is 6.18 Å². The highest BCUT2D eigenvalue weighted by atomic mass is 19.4. The fourth-order valence-corrected chi connectivity index (χ4v) is 1.18. The number of aromatic nitrogens is 2. The summed E-state index contributed by atoms with van der Waals surface area (Å²) in [7, 11) is 0. The van der Waals surface area contributed by atoms with Gasteiger partial charge in [0.2, 0.25) is 11.8 Å². The molecule has 8 heteroatoms. The monoisotopic (exact) mass is 267 g/mol. The van der Waals surface area contributed by atoms with E-state index < -0.39 is 12.8 Å². The molecule has 5 nitrogen and oxygen atoms in total. The van der Waals surface area contributed by atoms with Crippen LogP contribution in [0.4, 0.5) is 13.2 Å². The lowest BCUT2D eigenvalue weighted by Gasteiger charge is -2.05. The zero-order valence-electron chi connectivity index (χ0n) is 10.1. The van der Waals surface area contributed by atoms with Gasteiger partial charge in [0, 0.05) is 6.42 Å². The minimum absolute atomic E-state index is 0.0937. The number of hydrogen-bond donors (Lipinski definition) is 1. The van der Waals surface area contributed by atoms with Crippen LogP contribution >= 0.6 is 0 Å². The van der Waals surface area contributed by atoms with Crippen molar-refractivity contribution in [1.82, 2.24) is 15.5 Å². The summed E-state index contributed by atoms with van der Waals surface area (Å²) in [5, 5.41) is 10.5. The van der Waals surface area contributed by atoms with Crippen LogP contribution in [0.3, 0.4) is 0 Å². The molecule has 1 rings (SSSR count). The van der Waals surface area contributed by atoms with Crippen molar-refractivity contribution < 1.29 is 22.3 Å². The zero-order chi connectivity index (χ0) is 13.4. The zero-order valence-corrected chi connectivity index (χ0v) is 10.1. The summed E-state index contributed by atoms with van der Waals surface area (Å²) in [4.78, 5) is 0. The summed E-state index contributed by atoms with van der Waals surface area (Å²) in [6.45, 7) is 1.98. The van der Waals surface area contributed by atoms with Crippen molar-refractivity contribution in [3.05, 3.63) is 11.8 Å². The van der Waals surface area contributed by atoms with E-state index in [1.54, 1.807) is 0 Å². The number of nitrogens with zero attached hydrogens (tertiary/aromatic N) is 2. The van der Waals surface area contributed by atoms with Crippen molar-refractivity contribution in [2.45, 2.75) is 32.5 Å². The average molecular weight is 267 g/mol. The first-order valence-electron chi connectivity index (χ1n) is 5.67. The molecule has 0 bridgehead atoms. The van der Waals surface area contributed by atoms with Crippen molar-refractivity contribution in [3.8, 4) is 0 Å². The fourth-order valence-electron chi connectivity index (χ4n) is 1.18. The molecule has 0 saturated heterocycles. The molecule has 0 radical (unpaired) electrons. The van der Waals surface area contributed by atoms with Crippen LogP contribution in [0.2, 0.25) is 0 Å². The largest absolute Gasteiger partial charge is 0.424 e. The first kappa shape index (κ1) is 14.9. The van der Waals surface area contributed by atoms with Gasteiger partial charge in [-0.1, -0.05) is 6.92 Å². The number of ether oxygens (including phenoxy) is 1. The Morgan fingerprint density at radius 3 is 2.67 bits per heavy atom. The van der Waals surface area contributed by atoms with E-state index in [1.807, 2.05) is 6.92 Å². The second-order valence-corrected chi connectivity index (χ2v) is 3.68. The van der Waals surface area contributed by atoms with Crippen LogP contribution in [-0.2, 0) is 17.7 Å². The quantitative estimate of drug-likeness (QED) is 0.726. The second kappa shape index (κ2) is 7.32. The number of halogens is 3. The maximum absolute atomic E-state index is 11.8. The Hall–Kier alpha value is -1.15. The lowest BCUT2D eigenvalue weighted by Crippen LogP contribution is -2.18. The molecule has 18 heavy (non-hydrogen) atoms. The lowest BCUT2D eigenvalue weighted by atomic mass is 10.4. The van der Waals surface area contributed by atoms with E-state index in [0.717, 1.165) is 13.0 Å². The molecule has 104 valence electrons. The van der Waals surface area contributed by atoms with E-state index >= 15 is 0 Å². The third kappa shape index (κ3) is 6.55. The second-order valence-electron chi connectivity index (χ2n) is 3.68. The molecule has 1 aromatic heterocycles. The average Bonchev–Trinajstić information content (AvgIpc) is 2.72. The Morgan fingerprint density at radius 1 is 1.28 bits per heavy atom. The molecular weight excluding hydrogens is 251 g/mol. The summed E-state index contributed by atoms with van der Waals surface area (Å²) in [5.74, 6) is 0.708. The summed E-state index contributed by atoms with van der Waals surface area (Å²) >= 11 is 0. The number of nitrogens with one attached hydrogen (secondary N) is 1. The molecule has 0 aliphatic heterocycles. The fraction of sp³-hybridized carbons (Fsp3) is 0.800. The molecule has 0 spiro atoms. The minimum Gasteiger partial charge on any atom is -0.424 e. The standard InChI is InChI=1S/C10H16F3N3O2/c1-2-4-14-6-9-16-15-8(18-9)3-5-17-7-10(11,12)13/h14H,2-7H2,1H3. The van der Waals surface area contributed by atoms with Crippen molar-refractivity contribution in [2.75, 3.05) is 19.8 Å². The number of hydrogen-bond acceptors (Lipinski definition) is 5. The minimum atomic E-state index is -4.30. The SMILES string of the molecule is CCCNCc1nnc(CCOCC(F)(F)F)o1. The van der Waals surface area contributed by atoms with Gasteiger partial charge in [-0.3, -0.25) is 0 Å². The van der Waals surface area contributed by atoms with Gasteiger partial charge in [-0.25, -0.2) is 0 Å². The molecule has 0 atom stereocenters. The molecule has 0 fully saturated rings. The van der Waals surface area contributed by atoms with Gasteiger partial charge < -0.3 is 14.5 Å². The van der Waals surface area contributed by atoms with Gasteiger partial charge in [0.25, 0.3) is 0 Å². The molecule has 1 N–H and O–H groups in total. The van der Waals surface area contributed by atoms with Crippen LogP contribution in [0.25, 0.3) is 0 Å². The third-order valence-corrected chi connectivity index (χ3v) is 1.94. The number of alkyl halides is 3. The molecule has 0 amide bonds. The van der Waals surface area contributed by atoms with Crippen LogP contribution in [0.5, 0.6) is 0 Å². The molecule has 0 unspecified atom stereocenters. The number of rotatable bonds is 8. The Bertz CT molecular complexity index is 341. The van der Waals surface area contributed by atoms with Gasteiger partial charge in [-0.05, 0) is 13.0 Å². The topological polar surface area (TPSA) is 60.2 Å². The maximum Gasteiger partial charge on any atom is 0.411 e. The van der Waals surface area contributed by atoms with Gasteiger partial charge in [-0.15, -0.1) is 10.2 Å². The van der Waals surface area contributed by atoms with E-state index in [2.05, 4.69) is 20.3 Å². The van der Waals surface area contributed by atoms with Crippen molar-refractivity contribution in [1.29, 1.82) is 0 Å². The van der Waals surface area contributed by atoms with E-state index in [4.69, 9.17) is 4.42 Å². The van der Waals surface area contributed by atoms with Crippen LogP contribution < -0.4 is 5.32 Å². The molecule has 0 saturated carbocycles. The van der Waals surface area contributed by atoms with Gasteiger partial charge in [-0.2, -0.15) is 13.2 Å². The molecular formula is C10H16F3N3O2. The summed E-state index contributed by atoms with van der Waals surface area (Å²) in [5.41, 5.74) is 0. The summed E-state index contributed by atoms with van der Waals surface area (Å²) < 4.78 is 45.0. The molecule has 0 aliphatic carbocycles. The third-order valence-electron chi connectivity index (χ3n) is 1.94. The Morgan fingerprint density at radius 2 is 2.00 bits per heavy atom. The Labute approximate surface area is 103 Å². The summed E-state index contributed by atoms with van der Waals surface area (Å²) in [6.07, 6.45) is -3.13. The van der Waals surface area contributed by atoms with Crippen molar-refractivity contribution in [3.63, 3.8) is 0 Å². The first-order chi connectivity index (χ1) is 8.51. The van der Waals surface area contributed by atoms with E-state index in [-0.39, 0.29) is 18.9 Å².